The molecule has 0 aromatic carbocycles. The average Bonchev–Trinajstić information content (AvgIpc) is 1.98. The lowest BCUT2D eigenvalue weighted by Gasteiger charge is -2.01. The molecular weight excluding hydrogens is 218 g/mol. The zero-order chi connectivity index (χ0) is 10.2. The predicted octanol–water partition coefficient (Wildman–Crippen LogP) is -0.713. The van der Waals surface area contributed by atoms with Crippen LogP contribution in [0, 0.1) is 0 Å². The lowest BCUT2D eigenvalue weighted by molar-refractivity contribution is 0.582. The first-order valence-corrected chi connectivity index (χ1v) is 5.30. The van der Waals surface area contributed by atoms with Crippen molar-refractivity contribution >= 4 is 27.3 Å². The van der Waals surface area contributed by atoms with Crippen molar-refractivity contribution in [1.29, 1.82) is 0 Å². The molecule has 1 heterocycles. The zero-order valence-corrected chi connectivity index (χ0v) is 8.13. The molecule has 0 radical (unpaired) electrons. The van der Waals surface area contributed by atoms with E-state index in [1.807, 2.05) is 0 Å². The van der Waals surface area contributed by atoms with E-state index in [1.165, 1.54) is 0 Å². The minimum absolute atomic E-state index is 0.0495. The van der Waals surface area contributed by atoms with Crippen LogP contribution in [0.4, 0.5) is 5.69 Å². The Morgan fingerprint density at radius 3 is 2.62 bits per heavy atom. The molecule has 1 rings (SSSR count). The van der Waals surface area contributed by atoms with Crippen LogP contribution in [0.15, 0.2) is 11.0 Å². The number of aromatic nitrogens is 2. The van der Waals surface area contributed by atoms with Gasteiger partial charge in [0.2, 0.25) is 0 Å². The van der Waals surface area contributed by atoms with Gasteiger partial charge in [0, 0.05) is 0 Å². The second-order valence-electron chi connectivity index (χ2n) is 2.33. The van der Waals surface area contributed by atoms with Crippen LogP contribution in [0.5, 0.6) is 0 Å². The number of nitrogens with zero attached hydrogens (tertiary/aromatic N) is 2. The summed E-state index contributed by atoms with van der Waals surface area (Å²) in [6.07, 6.45) is 1.85. The van der Waals surface area contributed by atoms with E-state index in [9.17, 15) is 13.2 Å². The highest BCUT2D eigenvalue weighted by Gasteiger charge is 2.13. The maximum atomic E-state index is 11.1. The van der Waals surface area contributed by atoms with Gasteiger partial charge in [0.1, 0.15) is 5.02 Å². The molecule has 2 N–H and O–H groups in total. The van der Waals surface area contributed by atoms with Crippen molar-refractivity contribution in [2.24, 2.45) is 0 Å². The van der Waals surface area contributed by atoms with Crippen LogP contribution in [0.2, 0.25) is 5.02 Å². The van der Waals surface area contributed by atoms with E-state index < -0.39 is 15.6 Å². The molecule has 0 atom stereocenters. The molecule has 0 aliphatic carbocycles. The van der Waals surface area contributed by atoms with Crippen LogP contribution in [0.3, 0.4) is 0 Å². The maximum absolute atomic E-state index is 11.1. The Labute approximate surface area is 79.0 Å². The lowest BCUT2D eigenvalue weighted by atomic mass is 10.5. The van der Waals surface area contributed by atoms with E-state index in [4.69, 9.17) is 17.3 Å². The molecule has 1 aromatic heterocycles. The van der Waals surface area contributed by atoms with Crippen LogP contribution in [0.25, 0.3) is 0 Å². The molecule has 0 unspecified atom stereocenters. The summed E-state index contributed by atoms with van der Waals surface area (Å²) in [6.45, 7) is 0. The molecule has 8 heteroatoms. The summed E-state index contributed by atoms with van der Waals surface area (Å²) < 4.78 is 22.1. The first-order chi connectivity index (χ1) is 5.84. The van der Waals surface area contributed by atoms with Crippen LogP contribution >= 0.6 is 11.6 Å². The van der Waals surface area contributed by atoms with Gasteiger partial charge in [0.25, 0.3) is 10.0 Å². The van der Waals surface area contributed by atoms with Crippen molar-refractivity contribution in [1.82, 2.24) is 9.19 Å². The topological polar surface area (TPSA) is 95.1 Å². The Bertz CT molecular complexity index is 492. The molecule has 13 heavy (non-hydrogen) atoms. The third-order valence-electron chi connectivity index (χ3n) is 1.23. The number of rotatable bonds is 1. The van der Waals surface area contributed by atoms with E-state index in [1.54, 1.807) is 0 Å². The second-order valence-corrected chi connectivity index (χ2v) is 4.51. The first-order valence-electron chi connectivity index (χ1n) is 3.08. The maximum Gasteiger partial charge on any atom is 0.302 e. The van der Waals surface area contributed by atoms with Crippen molar-refractivity contribution in [3.63, 3.8) is 0 Å². The third kappa shape index (κ3) is 1.81. The fraction of sp³-hybridized carbons (Fsp3) is 0.200. The molecule has 0 saturated carbocycles. The molecule has 0 spiro atoms. The zero-order valence-electron chi connectivity index (χ0n) is 6.56. The van der Waals surface area contributed by atoms with Crippen LogP contribution in [0.1, 0.15) is 0 Å². The molecule has 0 aliphatic heterocycles. The van der Waals surface area contributed by atoms with Crippen LogP contribution < -0.4 is 11.3 Å². The largest absolute Gasteiger partial charge is 0.396 e. The van der Waals surface area contributed by atoms with E-state index >= 15 is 0 Å². The Morgan fingerprint density at radius 2 is 2.15 bits per heavy atom. The molecule has 0 aliphatic rings. The highest BCUT2D eigenvalue weighted by Crippen LogP contribution is 2.09. The Balaban J connectivity index is 3.64. The minimum Gasteiger partial charge on any atom is -0.396 e. The number of halogens is 1. The summed E-state index contributed by atoms with van der Waals surface area (Å²) in [5.74, 6) is 0. The van der Waals surface area contributed by atoms with Crippen molar-refractivity contribution in [3.05, 3.63) is 21.6 Å². The summed E-state index contributed by atoms with van der Waals surface area (Å²) in [6, 6.07) is 0. The number of hydrogen-bond acceptors (Lipinski definition) is 5. The van der Waals surface area contributed by atoms with Gasteiger partial charge in [0.05, 0.1) is 18.1 Å². The lowest BCUT2D eigenvalue weighted by Crippen LogP contribution is -2.29. The average molecular weight is 224 g/mol. The van der Waals surface area contributed by atoms with Crippen LogP contribution in [-0.4, -0.2) is 23.9 Å². The van der Waals surface area contributed by atoms with Gasteiger partial charge >= 0.3 is 5.56 Å². The standard InChI is InChI=1S/C5H6ClN3O3S/c1-13(11,12)9-5(10)4(6)3(7)2-8-9/h2H,7H2,1H3. The molecule has 0 saturated heterocycles. The molecule has 72 valence electrons. The molecule has 0 bridgehead atoms. The first kappa shape index (κ1) is 10.0. The van der Waals surface area contributed by atoms with Gasteiger partial charge in [-0.15, -0.1) is 4.09 Å². The summed E-state index contributed by atoms with van der Waals surface area (Å²) in [5.41, 5.74) is 4.24. The van der Waals surface area contributed by atoms with Gasteiger partial charge in [-0.2, -0.15) is 5.10 Å². The summed E-state index contributed by atoms with van der Waals surface area (Å²) >= 11 is 5.43. The highest BCUT2D eigenvalue weighted by molar-refractivity contribution is 7.89. The normalized spacial score (nSPS) is 11.5. The second kappa shape index (κ2) is 3.00. The molecule has 6 nitrogen and oxygen atoms in total. The van der Waals surface area contributed by atoms with Gasteiger partial charge < -0.3 is 5.73 Å². The molecule has 0 fully saturated rings. The van der Waals surface area contributed by atoms with Gasteiger partial charge in [-0.25, -0.2) is 8.42 Å². The van der Waals surface area contributed by atoms with Gasteiger partial charge in [-0.05, 0) is 0 Å². The SMILES string of the molecule is CS(=O)(=O)n1ncc(N)c(Cl)c1=O. The summed E-state index contributed by atoms with van der Waals surface area (Å²) in [5, 5.41) is 2.97. The van der Waals surface area contributed by atoms with E-state index in [-0.39, 0.29) is 14.8 Å². The predicted molar refractivity (Wildman–Crippen MR) is 48.2 cm³/mol. The number of nitrogen functional groups attached to an aromatic ring is 1. The molecule has 0 amide bonds. The summed E-state index contributed by atoms with van der Waals surface area (Å²) in [7, 11) is -3.72. The van der Waals surface area contributed by atoms with Crippen molar-refractivity contribution < 1.29 is 8.42 Å². The van der Waals surface area contributed by atoms with Crippen LogP contribution in [-0.2, 0) is 10.0 Å². The fourth-order valence-electron chi connectivity index (χ4n) is 0.667. The fourth-order valence-corrected chi connectivity index (χ4v) is 1.46. The summed E-state index contributed by atoms with van der Waals surface area (Å²) in [4.78, 5) is 11.1. The molecular formula is C5H6ClN3O3S. The minimum atomic E-state index is -3.72. The number of hydrogen-bond donors (Lipinski definition) is 1. The Morgan fingerprint density at radius 1 is 1.62 bits per heavy atom. The Kier molecular flexibility index (Phi) is 2.31. The van der Waals surface area contributed by atoms with Crippen molar-refractivity contribution in [3.8, 4) is 0 Å². The van der Waals surface area contributed by atoms with Gasteiger partial charge in [-0.1, -0.05) is 11.6 Å². The van der Waals surface area contributed by atoms with E-state index in [0.29, 0.717) is 0 Å². The Hall–Kier alpha value is -1.08. The monoisotopic (exact) mass is 223 g/mol. The number of anilines is 1. The quantitative estimate of drug-likeness (QED) is 0.678. The van der Waals surface area contributed by atoms with Crippen molar-refractivity contribution in [2.75, 3.05) is 12.0 Å². The van der Waals surface area contributed by atoms with E-state index in [2.05, 4.69) is 5.10 Å². The molecule has 1 aromatic rings. The smallest absolute Gasteiger partial charge is 0.302 e. The van der Waals surface area contributed by atoms with Crippen molar-refractivity contribution in [2.45, 2.75) is 0 Å². The highest BCUT2D eigenvalue weighted by atomic mass is 35.5. The van der Waals surface area contributed by atoms with E-state index in [0.717, 1.165) is 12.5 Å². The van der Waals surface area contributed by atoms with Gasteiger partial charge in [-0.3, -0.25) is 4.79 Å². The third-order valence-corrected chi connectivity index (χ3v) is 2.50. The van der Waals surface area contributed by atoms with Gasteiger partial charge in [0.15, 0.2) is 0 Å². The number of nitrogens with two attached hydrogens (primary N) is 1.